The molecule has 32 heavy (non-hydrogen) atoms. The number of thioether (sulfide) groups is 1. The highest BCUT2D eigenvalue weighted by molar-refractivity contribution is 8.00. The summed E-state index contributed by atoms with van der Waals surface area (Å²) in [4.78, 5) is 23.0. The molecule has 0 unspecified atom stereocenters. The van der Waals surface area contributed by atoms with Gasteiger partial charge in [0.15, 0.2) is 5.13 Å². The summed E-state index contributed by atoms with van der Waals surface area (Å²) in [5.41, 5.74) is 0.782. The fourth-order valence-electron chi connectivity index (χ4n) is 3.45. The van der Waals surface area contributed by atoms with Crippen molar-refractivity contribution in [2.24, 2.45) is 0 Å². The molecule has 0 radical (unpaired) electrons. The Kier molecular flexibility index (Phi) is 7.96. The molecule has 3 aromatic rings. The zero-order valence-corrected chi connectivity index (χ0v) is 19.6. The van der Waals surface area contributed by atoms with Crippen LogP contribution in [0.25, 0.3) is 10.2 Å². The average Bonchev–Trinajstić information content (AvgIpc) is 3.25. The van der Waals surface area contributed by atoms with Gasteiger partial charge in [0.25, 0.3) is 0 Å². The van der Waals surface area contributed by atoms with Gasteiger partial charge in [-0.2, -0.15) is 0 Å². The maximum atomic E-state index is 13.3. The van der Waals surface area contributed by atoms with Gasteiger partial charge in [0.05, 0.1) is 30.3 Å². The lowest BCUT2D eigenvalue weighted by atomic mass is 10.3. The fraction of sp³-hybridized carbons (Fsp3) is 0.391. The van der Waals surface area contributed by atoms with Crippen LogP contribution in [0.5, 0.6) is 5.75 Å². The maximum absolute atomic E-state index is 13.3. The van der Waals surface area contributed by atoms with Gasteiger partial charge in [0.2, 0.25) is 5.91 Å². The molecule has 1 aliphatic rings. The van der Waals surface area contributed by atoms with E-state index in [0.29, 0.717) is 31.5 Å². The number of nitrogens with zero attached hydrogens (tertiary/aromatic N) is 3. The first-order chi connectivity index (χ1) is 15.6. The Morgan fingerprint density at radius 2 is 2.03 bits per heavy atom. The second kappa shape index (κ2) is 11.1. The van der Waals surface area contributed by atoms with Gasteiger partial charge in [0.1, 0.15) is 17.1 Å². The summed E-state index contributed by atoms with van der Waals surface area (Å²) in [7, 11) is 0. The number of hydrogen-bond acceptors (Lipinski definition) is 7. The normalized spacial score (nSPS) is 14.6. The van der Waals surface area contributed by atoms with Crippen LogP contribution in [0.2, 0.25) is 0 Å². The van der Waals surface area contributed by atoms with Crippen molar-refractivity contribution in [3.8, 4) is 5.75 Å². The van der Waals surface area contributed by atoms with E-state index in [1.54, 1.807) is 17.0 Å². The third-order valence-electron chi connectivity index (χ3n) is 5.12. The van der Waals surface area contributed by atoms with Gasteiger partial charge in [0, 0.05) is 31.1 Å². The van der Waals surface area contributed by atoms with E-state index in [0.717, 1.165) is 40.5 Å². The molecular formula is C23H26FN3O3S2. The summed E-state index contributed by atoms with van der Waals surface area (Å²) in [5, 5.41) is 0.671. The highest BCUT2D eigenvalue weighted by atomic mass is 32.2. The van der Waals surface area contributed by atoms with Crippen molar-refractivity contribution in [1.29, 1.82) is 0 Å². The summed E-state index contributed by atoms with van der Waals surface area (Å²) < 4.78 is 25.3. The van der Waals surface area contributed by atoms with Crippen molar-refractivity contribution in [2.75, 3.05) is 56.7 Å². The van der Waals surface area contributed by atoms with E-state index in [1.165, 1.54) is 35.2 Å². The van der Waals surface area contributed by atoms with Gasteiger partial charge in [-0.1, -0.05) is 17.4 Å². The van der Waals surface area contributed by atoms with Gasteiger partial charge in [-0.15, -0.1) is 11.8 Å². The first-order valence-corrected chi connectivity index (χ1v) is 12.5. The summed E-state index contributed by atoms with van der Waals surface area (Å²) >= 11 is 2.90. The number of fused-ring (bicyclic) bond motifs is 1. The number of carbonyl (C=O) groups excluding carboxylic acids is 1. The van der Waals surface area contributed by atoms with E-state index in [1.807, 2.05) is 25.1 Å². The van der Waals surface area contributed by atoms with Crippen LogP contribution in [0.1, 0.15) is 6.92 Å². The van der Waals surface area contributed by atoms with Gasteiger partial charge in [-0.3, -0.25) is 14.6 Å². The number of benzene rings is 2. The highest BCUT2D eigenvalue weighted by Crippen LogP contribution is 2.34. The monoisotopic (exact) mass is 475 g/mol. The van der Waals surface area contributed by atoms with E-state index >= 15 is 0 Å². The Bertz CT molecular complexity index is 1040. The number of para-hydroxylation sites is 1. The van der Waals surface area contributed by atoms with Crippen LogP contribution in [0, 0.1) is 5.82 Å². The number of thiazole rings is 1. The third kappa shape index (κ3) is 5.78. The van der Waals surface area contributed by atoms with Crippen LogP contribution < -0.4 is 9.64 Å². The number of morpholine rings is 1. The number of amides is 1. The van der Waals surface area contributed by atoms with Crippen LogP contribution >= 0.6 is 23.1 Å². The van der Waals surface area contributed by atoms with Gasteiger partial charge >= 0.3 is 0 Å². The number of ether oxygens (including phenoxy) is 2. The molecule has 6 nitrogen and oxygen atoms in total. The summed E-state index contributed by atoms with van der Waals surface area (Å²) in [6, 6.07) is 12.0. The lowest BCUT2D eigenvalue weighted by molar-refractivity contribution is -0.116. The molecule has 1 aliphatic heterocycles. The molecule has 1 fully saturated rings. The van der Waals surface area contributed by atoms with Crippen LogP contribution in [-0.2, 0) is 9.53 Å². The van der Waals surface area contributed by atoms with Crippen molar-refractivity contribution in [1.82, 2.24) is 9.88 Å². The van der Waals surface area contributed by atoms with Crippen LogP contribution in [0.3, 0.4) is 0 Å². The van der Waals surface area contributed by atoms with E-state index in [9.17, 15) is 9.18 Å². The minimum Gasteiger partial charge on any atom is -0.492 e. The largest absolute Gasteiger partial charge is 0.492 e. The minimum atomic E-state index is -0.285. The molecule has 9 heteroatoms. The first kappa shape index (κ1) is 23.0. The highest BCUT2D eigenvalue weighted by Gasteiger charge is 2.22. The minimum absolute atomic E-state index is 0.0235. The van der Waals surface area contributed by atoms with Crippen molar-refractivity contribution in [3.05, 3.63) is 48.3 Å². The lowest BCUT2D eigenvalue weighted by Gasteiger charge is -2.29. The molecule has 170 valence electrons. The molecule has 0 atom stereocenters. The van der Waals surface area contributed by atoms with Crippen molar-refractivity contribution < 1.29 is 18.7 Å². The molecule has 4 rings (SSSR count). The molecule has 0 aliphatic carbocycles. The average molecular weight is 476 g/mol. The van der Waals surface area contributed by atoms with E-state index in [2.05, 4.69) is 4.90 Å². The van der Waals surface area contributed by atoms with Crippen LogP contribution in [0.15, 0.2) is 47.4 Å². The summed E-state index contributed by atoms with van der Waals surface area (Å²) in [6.45, 7) is 6.95. The second-order valence-electron chi connectivity index (χ2n) is 7.27. The molecule has 2 heterocycles. The predicted octanol–water partition coefficient (Wildman–Crippen LogP) is 4.29. The Labute approximate surface area is 195 Å². The number of anilines is 1. The van der Waals surface area contributed by atoms with Gasteiger partial charge in [-0.05, 0) is 43.3 Å². The molecule has 1 amide bonds. The first-order valence-electron chi connectivity index (χ1n) is 10.6. The van der Waals surface area contributed by atoms with E-state index < -0.39 is 0 Å². The molecule has 0 bridgehead atoms. The van der Waals surface area contributed by atoms with Gasteiger partial charge < -0.3 is 9.47 Å². The Hall–Kier alpha value is -2.20. The zero-order valence-electron chi connectivity index (χ0n) is 18.0. The van der Waals surface area contributed by atoms with Crippen molar-refractivity contribution >= 4 is 44.4 Å². The second-order valence-corrected chi connectivity index (χ2v) is 9.33. The fourth-order valence-corrected chi connectivity index (χ4v) is 5.25. The van der Waals surface area contributed by atoms with Crippen molar-refractivity contribution in [3.63, 3.8) is 0 Å². The number of rotatable bonds is 9. The Morgan fingerprint density at radius 1 is 1.25 bits per heavy atom. The number of hydrogen-bond donors (Lipinski definition) is 0. The third-order valence-corrected chi connectivity index (χ3v) is 7.16. The Morgan fingerprint density at radius 3 is 2.78 bits per heavy atom. The molecule has 2 aromatic carbocycles. The number of aromatic nitrogens is 1. The molecule has 0 spiro atoms. The number of carbonyl (C=O) groups is 1. The quantitative estimate of drug-likeness (QED) is 0.431. The lowest BCUT2D eigenvalue weighted by Crippen LogP contribution is -2.43. The number of halogens is 1. The molecule has 1 aromatic heterocycles. The summed E-state index contributed by atoms with van der Waals surface area (Å²) in [5.74, 6) is 0.675. The van der Waals surface area contributed by atoms with E-state index in [4.69, 9.17) is 14.5 Å². The summed E-state index contributed by atoms with van der Waals surface area (Å²) in [6.07, 6.45) is 0. The SMILES string of the molecule is CCOc1cccc2sc(N(CCN3CCOCC3)C(=O)CSc3ccc(F)cc3)nc12. The topological polar surface area (TPSA) is 54.9 Å². The van der Waals surface area contributed by atoms with Crippen LogP contribution in [-0.4, -0.2) is 67.5 Å². The standard InChI is InChI=1S/C23H26FN3O3S2/c1-2-30-19-4-3-5-20-22(19)25-23(32-20)27(11-10-26-12-14-29-15-13-26)21(28)16-31-18-8-6-17(24)7-9-18/h3-9H,2,10-16H2,1H3. The molecular weight excluding hydrogens is 449 g/mol. The smallest absolute Gasteiger partial charge is 0.239 e. The predicted molar refractivity (Wildman–Crippen MR) is 128 cm³/mol. The molecule has 1 saturated heterocycles. The molecule has 0 saturated carbocycles. The van der Waals surface area contributed by atoms with E-state index in [-0.39, 0.29) is 17.5 Å². The zero-order chi connectivity index (χ0) is 22.3. The van der Waals surface area contributed by atoms with Crippen LogP contribution in [0.4, 0.5) is 9.52 Å². The van der Waals surface area contributed by atoms with Gasteiger partial charge in [-0.25, -0.2) is 9.37 Å². The maximum Gasteiger partial charge on any atom is 0.239 e. The Balaban J connectivity index is 1.53. The van der Waals surface area contributed by atoms with Crippen molar-refractivity contribution in [2.45, 2.75) is 11.8 Å². The molecule has 0 N–H and O–H groups in total.